The number of nitrogens with zero attached hydrogens (tertiary/aromatic N) is 2. The van der Waals surface area contributed by atoms with E-state index in [0.717, 1.165) is 13.1 Å². The molecular formula is C11H19N3O2. The smallest absolute Gasteiger partial charge is 0.312 e. The number of carbonyl (C=O) groups excluding carboxylic acids is 2. The van der Waals surface area contributed by atoms with Gasteiger partial charge in [0.1, 0.15) is 0 Å². The monoisotopic (exact) mass is 225 g/mol. The molecule has 1 atom stereocenters. The molecule has 0 aliphatic carbocycles. The Morgan fingerprint density at radius 2 is 1.94 bits per heavy atom. The fourth-order valence-electron chi connectivity index (χ4n) is 2.30. The van der Waals surface area contributed by atoms with Crippen molar-refractivity contribution in [2.45, 2.75) is 32.4 Å². The third-order valence-electron chi connectivity index (χ3n) is 3.24. The summed E-state index contributed by atoms with van der Waals surface area (Å²) in [4.78, 5) is 27.3. The Kier molecular flexibility index (Phi) is 2.66. The van der Waals surface area contributed by atoms with Gasteiger partial charge in [-0.05, 0) is 20.8 Å². The number of fused-ring (bicyclic) bond motifs is 1. The molecule has 2 aliphatic rings. The molecule has 1 N–H and O–H groups in total. The van der Waals surface area contributed by atoms with Crippen LogP contribution in [-0.2, 0) is 9.59 Å². The quantitative estimate of drug-likeness (QED) is 0.562. The number of hydrogen-bond acceptors (Lipinski definition) is 3. The van der Waals surface area contributed by atoms with Crippen molar-refractivity contribution in [1.82, 2.24) is 15.1 Å². The highest BCUT2D eigenvalue weighted by Gasteiger charge is 2.43. The summed E-state index contributed by atoms with van der Waals surface area (Å²) in [5.74, 6) is -0.696. The molecule has 0 aromatic heterocycles. The molecule has 0 radical (unpaired) electrons. The van der Waals surface area contributed by atoms with Gasteiger partial charge in [0.25, 0.3) is 0 Å². The molecular weight excluding hydrogens is 206 g/mol. The van der Waals surface area contributed by atoms with Crippen LogP contribution in [0.2, 0.25) is 0 Å². The zero-order chi connectivity index (χ0) is 11.9. The SMILES string of the molecule is CC(C)(C)N1CC2CNCCN2C(=O)C1=O. The molecule has 1 unspecified atom stereocenters. The molecule has 5 heteroatoms. The summed E-state index contributed by atoms with van der Waals surface area (Å²) in [6.07, 6.45) is 0. The van der Waals surface area contributed by atoms with Crippen LogP contribution in [0.1, 0.15) is 20.8 Å². The van der Waals surface area contributed by atoms with Gasteiger partial charge in [0.05, 0.1) is 6.04 Å². The normalized spacial score (nSPS) is 27.1. The van der Waals surface area contributed by atoms with Gasteiger partial charge in [0, 0.05) is 31.7 Å². The minimum Gasteiger partial charge on any atom is -0.327 e. The lowest BCUT2D eigenvalue weighted by molar-refractivity contribution is -0.163. The second kappa shape index (κ2) is 3.73. The summed E-state index contributed by atoms with van der Waals surface area (Å²) < 4.78 is 0. The van der Waals surface area contributed by atoms with Crippen molar-refractivity contribution in [3.8, 4) is 0 Å². The summed E-state index contributed by atoms with van der Waals surface area (Å²) >= 11 is 0. The highest BCUT2D eigenvalue weighted by atomic mass is 16.2. The second-order valence-electron chi connectivity index (χ2n) is 5.44. The average Bonchev–Trinajstić information content (AvgIpc) is 2.22. The summed E-state index contributed by atoms with van der Waals surface area (Å²) in [6, 6.07) is 0.137. The first kappa shape index (κ1) is 11.4. The average molecular weight is 225 g/mol. The maximum Gasteiger partial charge on any atom is 0.312 e. The van der Waals surface area contributed by atoms with Crippen molar-refractivity contribution in [2.24, 2.45) is 0 Å². The van der Waals surface area contributed by atoms with Crippen LogP contribution in [0, 0.1) is 0 Å². The zero-order valence-corrected chi connectivity index (χ0v) is 10.1. The van der Waals surface area contributed by atoms with Crippen molar-refractivity contribution in [3.05, 3.63) is 0 Å². The first-order valence-electron chi connectivity index (χ1n) is 5.74. The number of amides is 2. The number of hydrogen-bond donors (Lipinski definition) is 1. The van der Waals surface area contributed by atoms with Crippen molar-refractivity contribution >= 4 is 11.8 Å². The summed E-state index contributed by atoms with van der Waals surface area (Å²) in [7, 11) is 0. The topological polar surface area (TPSA) is 52.6 Å². The lowest BCUT2D eigenvalue weighted by Crippen LogP contribution is -2.68. The molecule has 2 rings (SSSR count). The van der Waals surface area contributed by atoms with E-state index < -0.39 is 0 Å². The zero-order valence-electron chi connectivity index (χ0n) is 10.1. The van der Waals surface area contributed by atoms with E-state index in [2.05, 4.69) is 5.32 Å². The second-order valence-corrected chi connectivity index (χ2v) is 5.44. The third-order valence-corrected chi connectivity index (χ3v) is 3.24. The van der Waals surface area contributed by atoms with Gasteiger partial charge in [-0.3, -0.25) is 9.59 Å². The molecule has 2 heterocycles. The predicted molar refractivity (Wildman–Crippen MR) is 59.8 cm³/mol. The molecule has 0 bridgehead atoms. The van der Waals surface area contributed by atoms with Crippen molar-refractivity contribution < 1.29 is 9.59 Å². The summed E-state index contributed by atoms with van der Waals surface area (Å²) in [5.41, 5.74) is -0.281. The van der Waals surface area contributed by atoms with Crippen LogP contribution >= 0.6 is 0 Å². The van der Waals surface area contributed by atoms with E-state index in [1.54, 1.807) is 9.80 Å². The molecule has 0 spiro atoms. The van der Waals surface area contributed by atoms with Crippen molar-refractivity contribution in [2.75, 3.05) is 26.2 Å². The molecule has 90 valence electrons. The van der Waals surface area contributed by atoms with Gasteiger partial charge in [-0.15, -0.1) is 0 Å². The molecule has 5 nitrogen and oxygen atoms in total. The van der Waals surface area contributed by atoms with E-state index in [0.29, 0.717) is 13.1 Å². The van der Waals surface area contributed by atoms with Crippen LogP contribution in [0.5, 0.6) is 0 Å². The maximum absolute atomic E-state index is 11.9. The Labute approximate surface area is 95.8 Å². The van der Waals surface area contributed by atoms with E-state index in [9.17, 15) is 9.59 Å². The lowest BCUT2D eigenvalue weighted by atomic mass is 10.0. The summed E-state index contributed by atoms with van der Waals surface area (Å²) in [5, 5.41) is 3.26. The molecule has 0 aromatic rings. The lowest BCUT2D eigenvalue weighted by Gasteiger charge is -2.47. The van der Waals surface area contributed by atoms with Crippen molar-refractivity contribution in [3.63, 3.8) is 0 Å². The van der Waals surface area contributed by atoms with Gasteiger partial charge in [-0.1, -0.05) is 0 Å². The van der Waals surface area contributed by atoms with Gasteiger partial charge in [0.2, 0.25) is 0 Å². The fraction of sp³-hybridized carbons (Fsp3) is 0.818. The molecule has 0 saturated carbocycles. The van der Waals surface area contributed by atoms with E-state index in [-0.39, 0.29) is 23.4 Å². The van der Waals surface area contributed by atoms with E-state index in [1.807, 2.05) is 20.8 Å². The van der Waals surface area contributed by atoms with Crippen LogP contribution in [-0.4, -0.2) is 59.4 Å². The molecule has 2 saturated heterocycles. The predicted octanol–water partition coefficient (Wildman–Crippen LogP) is -0.572. The summed E-state index contributed by atoms with van der Waals surface area (Å²) in [6.45, 7) is 8.74. The fourth-order valence-corrected chi connectivity index (χ4v) is 2.30. The largest absolute Gasteiger partial charge is 0.327 e. The molecule has 2 fully saturated rings. The van der Waals surface area contributed by atoms with Crippen LogP contribution in [0.3, 0.4) is 0 Å². The van der Waals surface area contributed by atoms with Crippen LogP contribution in [0.15, 0.2) is 0 Å². The Morgan fingerprint density at radius 3 is 2.56 bits per heavy atom. The standard InChI is InChI=1S/C11H19N3O2/c1-11(2,3)14-7-8-6-12-4-5-13(8)9(15)10(14)16/h8,12H,4-7H2,1-3H3. The van der Waals surface area contributed by atoms with Gasteiger partial charge in [0.15, 0.2) is 0 Å². The Morgan fingerprint density at radius 1 is 1.25 bits per heavy atom. The Bertz CT molecular complexity index is 322. The molecule has 2 amide bonds. The highest BCUT2D eigenvalue weighted by molar-refractivity contribution is 6.35. The molecule has 16 heavy (non-hydrogen) atoms. The van der Waals surface area contributed by atoms with Gasteiger partial charge < -0.3 is 15.1 Å². The Balaban J connectivity index is 2.21. The first-order valence-corrected chi connectivity index (χ1v) is 5.74. The maximum atomic E-state index is 11.9. The van der Waals surface area contributed by atoms with Gasteiger partial charge in [-0.2, -0.15) is 0 Å². The van der Waals surface area contributed by atoms with Gasteiger partial charge >= 0.3 is 11.8 Å². The Hall–Kier alpha value is -1.10. The number of rotatable bonds is 0. The highest BCUT2D eigenvalue weighted by Crippen LogP contribution is 2.21. The van der Waals surface area contributed by atoms with Crippen LogP contribution in [0.25, 0.3) is 0 Å². The molecule has 2 aliphatic heterocycles. The van der Waals surface area contributed by atoms with E-state index in [4.69, 9.17) is 0 Å². The van der Waals surface area contributed by atoms with Crippen LogP contribution < -0.4 is 5.32 Å². The van der Waals surface area contributed by atoms with Crippen LogP contribution in [0.4, 0.5) is 0 Å². The number of nitrogens with one attached hydrogen (secondary N) is 1. The molecule has 0 aromatic carbocycles. The third kappa shape index (κ3) is 1.80. The van der Waals surface area contributed by atoms with E-state index in [1.165, 1.54) is 0 Å². The first-order chi connectivity index (χ1) is 7.41. The van der Waals surface area contributed by atoms with Crippen molar-refractivity contribution in [1.29, 1.82) is 0 Å². The van der Waals surface area contributed by atoms with E-state index >= 15 is 0 Å². The minimum absolute atomic E-state index is 0.137. The minimum atomic E-state index is -0.356. The number of carbonyl (C=O) groups is 2. The number of piperazine rings is 2. The van der Waals surface area contributed by atoms with Gasteiger partial charge in [-0.25, -0.2) is 0 Å².